The molecule has 0 saturated heterocycles. The molecule has 0 aliphatic carbocycles. The number of rotatable bonds is 4. The Bertz CT molecular complexity index is 639. The van der Waals surface area contributed by atoms with E-state index in [1.54, 1.807) is 30.3 Å². The number of hydrogen-bond acceptors (Lipinski definition) is 2. The van der Waals surface area contributed by atoms with Gasteiger partial charge in [-0.25, -0.2) is 0 Å². The Labute approximate surface area is 125 Å². The number of halogens is 4. The van der Waals surface area contributed by atoms with Crippen molar-refractivity contribution in [3.8, 4) is 0 Å². The molecule has 6 heteroatoms. The van der Waals surface area contributed by atoms with Crippen LogP contribution in [0.1, 0.15) is 11.1 Å². The average Bonchev–Trinajstić information content (AvgIpc) is 2.45. The van der Waals surface area contributed by atoms with Crippen LogP contribution in [0.4, 0.5) is 18.9 Å². The van der Waals surface area contributed by atoms with Crippen molar-refractivity contribution in [3.05, 3.63) is 64.7 Å². The predicted octanol–water partition coefficient (Wildman–Crippen LogP) is 4.73. The quantitative estimate of drug-likeness (QED) is 0.787. The highest BCUT2D eigenvalue weighted by molar-refractivity contribution is 6.31. The van der Waals surface area contributed by atoms with Gasteiger partial charge in [0.15, 0.2) is 0 Å². The lowest BCUT2D eigenvalue weighted by Crippen LogP contribution is -2.22. The molecule has 110 valence electrons. The minimum atomic E-state index is -4.33. The summed E-state index contributed by atoms with van der Waals surface area (Å²) >= 11 is 5.89. The van der Waals surface area contributed by atoms with Crippen LogP contribution in [0.5, 0.6) is 0 Å². The summed E-state index contributed by atoms with van der Waals surface area (Å²) in [7, 11) is 0. The smallest absolute Gasteiger partial charge is 0.376 e. The van der Waals surface area contributed by atoms with Gasteiger partial charge >= 0.3 is 6.18 Å². The molecule has 0 amide bonds. The molecule has 0 aromatic heterocycles. The van der Waals surface area contributed by atoms with Gasteiger partial charge in [0.25, 0.3) is 0 Å². The molecule has 0 atom stereocenters. The summed E-state index contributed by atoms with van der Waals surface area (Å²) in [6.45, 7) is -1.16. The van der Waals surface area contributed by atoms with Gasteiger partial charge in [-0.3, -0.25) is 5.41 Å². The lowest BCUT2D eigenvalue weighted by Gasteiger charge is -2.15. The molecule has 21 heavy (non-hydrogen) atoms. The van der Waals surface area contributed by atoms with E-state index in [2.05, 4.69) is 5.32 Å². The van der Waals surface area contributed by atoms with Crippen LogP contribution in [0.3, 0.4) is 0 Å². The molecule has 0 aliphatic rings. The fourth-order valence-electron chi connectivity index (χ4n) is 1.83. The van der Waals surface area contributed by atoms with E-state index in [0.29, 0.717) is 16.1 Å². The van der Waals surface area contributed by atoms with Crippen molar-refractivity contribution < 1.29 is 13.2 Å². The molecule has 0 fully saturated rings. The van der Waals surface area contributed by atoms with E-state index in [4.69, 9.17) is 17.0 Å². The van der Waals surface area contributed by atoms with Crippen LogP contribution in [0, 0.1) is 5.41 Å². The first-order chi connectivity index (χ1) is 9.87. The largest absolute Gasteiger partial charge is 0.405 e. The van der Waals surface area contributed by atoms with Crippen LogP contribution in [0.15, 0.2) is 48.5 Å². The van der Waals surface area contributed by atoms with Crippen LogP contribution in [-0.4, -0.2) is 18.4 Å². The lowest BCUT2D eigenvalue weighted by molar-refractivity contribution is -0.115. The molecule has 0 radical (unpaired) electrons. The van der Waals surface area contributed by atoms with E-state index in [0.717, 1.165) is 0 Å². The van der Waals surface area contributed by atoms with Gasteiger partial charge in [0.2, 0.25) is 0 Å². The Morgan fingerprint density at radius 2 is 1.76 bits per heavy atom. The Hall–Kier alpha value is -2.01. The van der Waals surface area contributed by atoms with E-state index in [1.807, 2.05) is 0 Å². The van der Waals surface area contributed by atoms with Crippen LogP contribution in [0.25, 0.3) is 0 Å². The second-order valence-corrected chi connectivity index (χ2v) is 4.84. The molecule has 0 unspecified atom stereocenters. The third-order valence-electron chi connectivity index (χ3n) is 2.79. The van der Waals surface area contributed by atoms with Gasteiger partial charge in [-0.05, 0) is 18.2 Å². The first-order valence-electron chi connectivity index (χ1n) is 6.11. The van der Waals surface area contributed by atoms with Gasteiger partial charge < -0.3 is 5.32 Å². The molecule has 2 nitrogen and oxygen atoms in total. The van der Waals surface area contributed by atoms with E-state index in [9.17, 15) is 13.2 Å². The molecular weight excluding hydrogens is 301 g/mol. The maximum Gasteiger partial charge on any atom is 0.405 e. The van der Waals surface area contributed by atoms with Crippen LogP contribution < -0.4 is 5.32 Å². The summed E-state index contributed by atoms with van der Waals surface area (Å²) < 4.78 is 37.0. The Morgan fingerprint density at radius 3 is 2.38 bits per heavy atom. The van der Waals surface area contributed by atoms with Gasteiger partial charge in [-0.2, -0.15) is 13.2 Å². The highest BCUT2D eigenvalue weighted by Crippen LogP contribution is 2.25. The SMILES string of the molecule is N=C(c1ccccc1)c1cc(Cl)ccc1NCC(F)(F)F. The van der Waals surface area contributed by atoms with Gasteiger partial charge in [-0.1, -0.05) is 41.9 Å². The van der Waals surface area contributed by atoms with Crippen molar-refractivity contribution in [1.82, 2.24) is 0 Å². The molecule has 2 aromatic carbocycles. The summed E-state index contributed by atoms with van der Waals surface area (Å²) in [5.41, 5.74) is 1.28. The number of alkyl halides is 3. The van der Waals surface area contributed by atoms with Crippen molar-refractivity contribution in [2.75, 3.05) is 11.9 Å². The second-order valence-electron chi connectivity index (χ2n) is 4.40. The fraction of sp³-hybridized carbons (Fsp3) is 0.133. The summed E-state index contributed by atoms with van der Waals surface area (Å²) in [4.78, 5) is 0. The predicted molar refractivity (Wildman–Crippen MR) is 78.4 cm³/mol. The minimum absolute atomic E-state index is 0.114. The zero-order valence-electron chi connectivity index (χ0n) is 10.8. The van der Waals surface area contributed by atoms with Gasteiger partial charge in [0, 0.05) is 21.8 Å². The highest BCUT2D eigenvalue weighted by Gasteiger charge is 2.27. The van der Waals surface area contributed by atoms with Crippen LogP contribution in [-0.2, 0) is 0 Å². The lowest BCUT2D eigenvalue weighted by atomic mass is 10.0. The summed E-state index contributed by atoms with van der Waals surface area (Å²) in [5, 5.41) is 10.8. The first kappa shape index (κ1) is 15.4. The summed E-state index contributed by atoms with van der Waals surface area (Å²) in [5.74, 6) is 0. The third kappa shape index (κ3) is 4.23. The fourth-order valence-corrected chi connectivity index (χ4v) is 2.01. The number of anilines is 1. The van der Waals surface area contributed by atoms with Gasteiger partial charge in [0.05, 0.1) is 5.71 Å². The molecule has 0 saturated carbocycles. The highest BCUT2D eigenvalue weighted by atomic mass is 35.5. The zero-order valence-corrected chi connectivity index (χ0v) is 11.6. The van der Waals surface area contributed by atoms with Crippen molar-refractivity contribution in [2.24, 2.45) is 0 Å². The van der Waals surface area contributed by atoms with Crippen molar-refractivity contribution in [1.29, 1.82) is 5.41 Å². The van der Waals surface area contributed by atoms with Gasteiger partial charge in [0.1, 0.15) is 6.54 Å². The van der Waals surface area contributed by atoms with Gasteiger partial charge in [-0.15, -0.1) is 0 Å². The number of hydrogen-bond donors (Lipinski definition) is 2. The molecule has 0 aliphatic heterocycles. The normalized spacial score (nSPS) is 11.2. The molecule has 2 aromatic rings. The number of benzene rings is 2. The monoisotopic (exact) mass is 312 g/mol. The Balaban J connectivity index is 2.33. The maximum atomic E-state index is 12.3. The minimum Gasteiger partial charge on any atom is -0.376 e. The molecule has 0 bridgehead atoms. The van der Waals surface area contributed by atoms with E-state index < -0.39 is 12.7 Å². The Morgan fingerprint density at radius 1 is 1.10 bits per heavy atom. The topological polar surface area (TPSA) is 35.9 Å². The van der Waals surface area contributed by atoms with Crippen LogP contribution in [0.2, 0.25) is 5.02 Å². The molecule has 0 spiro atoms. The zero-order chi connectivity index (χ0) is 15.5. The third-order valence-corrected chi connectivity index (χ3v) is 3.03. The average molecular weight is 313 g/mol. The summed E-state index contributed by atoms with van der Waals surface area (Å²) in [6, 6.07) is 13.2. The summed E-state index contributed by atoms with van der Waals surface area (Å²) in [6.07, 6.45) is -4.33. The van der Waals surface area contributed by atoms with E-state index >= 15 is 0 Å². The van der Waals surface area contributed by atoms with Crippen molar-refractivity contribution in [2.45, 2.75) is 6.18 Å². The van der Waals surface area contributed by atoms with Crippen molar-refractivity contribution >= 4 is 23.0 Å². The molecular formula is C15H12ClF3N2. The molecule has 2 N–H and O–H groups in total. The molecule has 0 heterocycles. The Kier molecular flexibility index (Phi) is 4.53. The standard InChI is InChI=1S/C15H12ClF3N2/c16-11-6-7-13(21-9-15(17,18)19)12(8-11)14(20)10-4-2-1-3-5-10/h1-8,20-21H,9H2. The first-order valence-corrected chi connectivity index (χ1v) is 6.49. The van der Waals surface area contributed by atoms with Crippen LogP contribution >= 0.6 is 11.6 Å². The second kappa shape index (κ2) is 6.18. The maximum absolute atomic E-state index is 12.3. The number of nitrogens with one attached hydrogen (secondary N) is 2. The van der Waals surface area contributed by atoms with E-state index in [1.165, 1.54) is 18.2 Å². The van der Waals surface area contributed by atoms with Crippen molar-refractivity contribution in [3.63, 3.8) is 0 Å². The van der Waals surface area contributed by atoms with E-state index in [-0.39, 0.29) is 11.4 Å². The molecule has 2 rings (SSSR count).